The molecule has 0 fully saturated rings. The Balaban J connectivity index is 2.09. The molecule has 0 spiro atoms. The molecule has 0 aliphatic rings. The molecule has 19 heavy (non-hydrogen) atoms. The van der Waals surface area contributed by atoms with E-state index in [0.29, 0.717) is 11.5 Å². The summed E-state index contributed by atoms with van der Waals surface area (Å²) in [6, 6.07) is 9.22. The summed E-state index contributed by atoms with van der Waals surface area (Å²) in [5, 5.41) is 12.9. The van der Waals surface area contributed by atoms with E-state index in [0.717, 1.165) is 28.8 Å². The summed E-state index contributed by atoms with van der Waals surface area (Å²) in [7, 11) is 0. The van der Waals surface area contributed by atoms with Gasteiger partial charge in [-0.3, -0.25) is 0 Å². The first kappa shape index (κ1) is 13.7. The average Bonchev–Trinajstić information content (AvgIpc) is 2.37. The van der Waals surface area contributed by atoms with Gasteiger partial charge in [0.05, 0.1) is 5.75 Å². The highest BCUT2D eigenvalue weighted by Gasteiger charge is 2.05. The second-order valence-corrected chi connectivity index (χ2v) is 5.11. The van der Waals surface area contributed by atoms with E-state index in [-0.39, 0.29) is 0 Å². The van der Waals surface area contributed by atoms with Gasteiger partial charge in [-0.25, -0.2) is 9.97 Å². The van der Waals surface area contributed by atoms with E-state index in [1.54, 1.807) is 6.07 Å². The van der Waals surface area contributed by atoms with Gasteiger partial charge in [0.1, 0.15) is 17.4 Å². The van der Waals surface area contributed by atoms with Gasteiger partial charge < -0.3 is 10.4 Å². The standard InChI is InChI=1S/C14H17N3OS/c1-3-15-13-8-10(2)16-14(17-13)9-19-12-7-5-4-6-11(12)18/h4-8,18H,3,9H2,1-2H3,(H,15,16,17). The summed E-state index contributed by atoms with van der Waals surface area (Å²) in [6.07, 6.45) is 0. The number of phenols is 1. The van der Waals surface area contributed by atoms with Gasteiger partial charge in [-0.15, -0.1) is 11.8 Å². The molecular formula is C14H17N3OS. The smallest absolute Gasteiger partial charge is 0.141 e. The zero-order valence-electron chi connectivity index (χ0n) is 11.1. The van der Waals surface area contributed by atoms with Gasteiger partial charge in [0.25, 0.3) is 0 Å². The molecule has 1 aromatic carbocycles. The van der Waals surface area contributed by atoms with Gasteiger partial charge in [-0.1, -0.05) is 12.1 Å². The molecule has 1 aromatic heterocycles. The van der Waals surface area contributed by atoms with E-state index in [9.17, 15) is 5.11 Å². The van der Waals surface area contributed by atoms with Crippen molar-refractivity contribution in [2.24, 2.45) is 0 Å². The topological polar surface area (TPSA) is 58.0 Å². The highest BCUT2D eigenvalue weighted by atomic mass is 32.2. The summed E-state index contributed by atoms with van der Waals surface area (Å²) in [4.78, 5) is 9.70. The number of rotatable bonds is 5. The van der Waals surface area contributed by atoms with Crippen molar-refractivity contribution in [2.75, 3.05) is 11.9 Å². The monoisotopic (exact) mass is 275 g/mol. The van der Waals surface area contributed by atoms with Gasteiger partial charge in [0.15, 0.2) is 0 Å². The molecule has 0 atom stereocenters. The lowest BCUT2D eigenvalue weighted by Crippen LogP contribution is -2.04. The molecule has 1 heterocycles. The predicted octanol–water partition coefficient (Wildman–Crippen LogP) is 3.21. The number of phenolic OH excluding ortho intramolecular Hbond substituents is 1. The Hall–Kier alpha value is -1.75. The minimum Gasteiger partial charge on any atom is -0.507 e. The fraction of sp³-hybridized carbons (Fsp3) is 0.286. The second-order valence-electron chi connectivity index (χ2n) is 4.10. The lowest BCUT2D eigenvalue weighted by molar-refractivity contribution is 0.462. The molecule has 0 aliphatic heterocycles. The molecule has 0 aliphatic carbocycles. The third-order valence-electron chi connectivity index (χ3n) is 2.48. The molecule has 0 amide bonds. The van der Waals surface area contributed by atoms with Crippen LogP contribution in [0.2, 0.25) is 0 Å². The summed E-state index contributed by atoms with van der Waals surface area (Å²) < 4.78 is 0. The van der Waals surface area contributed by atoms with E-state index in [1.807, 2.05) is 38.1 Å². The van der Waals surface area contributed by atoms with Crippen molar-refractivity contribution in [3.63, 3.8) is 0 Å². The van der Waals surface area contributed by atoms with Gasteiger partial charge >= 0.3 is 0 Å². The Kier molecular flexibility index (Phi) is 4.63. The lowest BCUT2D eigenvalue weighted by atomic mass is 10.3. The zero-order chi connectivity index (χ0) is 13.7. The van der Waals surface area contributed by atoms with Gasteiger partial charge in [-0.2, -0.15) is 0 Å². The van der Waals surface area contributed by atoms with Crippen LogP contribution in [0.3, 0.4) is 0 Å². The van der Waals surface area contributed by atoms with Crippen molar-refractivity contribution < 1.29 is 5.11 Å². The number of aromatic nitrogens is 2. The Morgan fingerprint density at radius 3 is 2.79 bits per heavy atom. The maximum absolute atomic E-state index is 9.71. The first-order chi connectivity index (χ1) is 9.19. The number of para-hydroxylation sites is 1. The van der Waals surface area contributed by atoms with E-state index in [1.165, 1.54) is 11.8 Å². The number of nitrogens with zero attached hydrogens (tertiary/aromatic N) is 2. The first-order valence-corrected chi connectivity index (χ1v) is 7.17. The number of benzene rings is 1. The van der Waals surface area contributed by atoms with Crippen LogP contribution in [0.1, 0.15) is 18.4 Å². The maximum atomic E-state index is 9.71. The molecule has 4 nitrogen and oxygen atoms in total. The van der Waals surface area contributed by atoms with Crippen LogP contribution in [0.25, 0.3) is 0 Å². The number of thioether (sulfide) groups is 1. The van der Waals surface area contributed by atoms with Crippen LogP contribution in [-0.2, 0) is 5.75 Å². The Bertz CT molecular complexity index is 560. The van der Waals surface area contributed by atoms with Crippen LogP contribution in [0.4, 0.5) is 5.82 Å². The zero-order valence-corrected chi connectivity index (χ0v) is 11.9. The highest BCUT2D eigenvalue weighted by Crippen LogP contribution is 2.29. The molecule has 2 N–H and O–H groups in total. The molecule has 5 heteroatoms. The van der Waals surface area contributed by atoms with Crippen molar-refractivity contribution in [1.29, 1.82) is 0 Å². The minimum atomic E-state index is 0.298. The van der Waals surface area contributed by atoms with E-state index < -0.39 is 0 Å². The molecular weight excluding hydrogens is 258 g/mol. The van der Waals surface area contributed by atoms with Gasteiger partial charge in [0, 0.05) is 23.2 Å². The molecule has 0 bridgehead atoms. The van der Waals surface area contributed by atoms with E-state index in [4.69, 9.17) is 0 Å². The lowest BCUT2D eigenvalue weighted by Gasteiger charge is -2.07. The van der Waals surface area contributed by atoms with Crippen LogP contribution in [0.5, 0.6) is 5.75 Å². The number of anilines is 1. The summed E-state index contributed by atoms with van der Waals surface area (Å²) in [5.41, 5.74) is 0.943. The molecule has 0 saturated carbocycles. The Labute approximate surface area is 117 Å². The van der Waals surface area contributed by atoms with Crippen molar-refractivity contribution in [3.8, 4) is 5.75 Å². The third kappa shape index (κ3) is 3.86. The quantitative estimate of drug-likeness (QED) is 0.821. The maximum Gasteiger partial charge on any atom is 0.141 e. The Morgan fingerprint density at radius 1 is 1.26 bits per heavy atom. The molecule has 100 valence electrons. The number of aryl methyl sites for hydroxylation is 1. The van der Waals surface area contributed by atoms with Crippen LogP contribution in [0, 0.1) is 6.92 Å². The molecule has 0 saturated heterocycles. The van der Waals surface area contributed by atoms with Gasteiger partial charge in [0.2, 0.25) is 0 Å². The summed E-state index contributed by atoms with van der Waals surface area (Å²) in [5.74, 6) is 2.55. The highest BCUT2D eigenvalue weighted by molar-refractivity contribution is 7.98. The average molecular weight is 275 g/mol. The number of hydrogen-bond acceptors (Lipinski definition) is 5. The van der Waals surface area contributed by atoms with Crippen LogP contribution < -0.4 is 5.32 Å². The van der Waals surface area contributed by atoms with Crippen molar-refractivity contribution >= 4 is 17.6 Å². The van der Waals surface area contributed by atoms with E-state index in [2.05, 4.69) is 15.3 Å². The normalized spacial score (nSPS) is 10.4. The third-order valence-corrected chi connectivity index (χ3v) is 3.54. The van der Waals surface area contributed by atoms with Crippen LogP contribution in [-0.4, -0.2) is 21.6 Å². The van der Waals surface area contributed by atoms with Crippen LogP contribution >= 0.6 is 11.8 Å². The predicted molar refractivity (Wildman–Crippen MR) is 78.6 cm³/mol. The van der Waals surface area contributed by atoms with Crippen LogP contribution in [0.15, 0.2) is 35.2 Å². The SMILES string of the molecule is CCNc1cc(C)nc(CSc2ccccc2O)n1. The molecule has 2 rings (SSSR count). The second kappa shape index (κ2) is 6.43. The fourth-order valence-electron chi connectivity index (χ4n) is 1.69. The molecule has 0 radical (unpaired) electrons. The summed E-state index contributed by atoms with van der Waals surface area (Å²) >= 11 is 1.53. The minimum absolute atomic E-state index is 0.298. The van der Waals surface area contributed by atoms with Crippen molar-refractivity contribution in [2.45, 2.75) is 24.5 Å². The van der Waals surface area contributed by atoms with E-state index >= 15 is 0 Å². The summed E-state index contributed by atoms with van der Waals surface area (Å²) in [6.45, 7) is 4.83. The van der Waals surface area contributed by atoms with Gasteiger partial charge in [-0.05, 0) is 26.0 Å². The molecule has 0 unspecified atom stereocenters. The molecule has 2 aromatic rings. The largest absolute Gasteiger partial charge is 0.507 e. The first-order valence-electron chi connectivity index (χ1n) is 6.18. The number of nitrogens with one attached hydrogen (secondary N) is 1. The Morgan fingerprint density at radius 2 is 2.05 bits per heavy atom. The number of aromatic hydroxyl groups is 1. The van der Waals surface area contributed by atoms with Crippen molar-refractivity contribution in [1.82, 2.24) is 9.97 Å². The fourth-order valence-corrected chi connectivity index (χ4v) is 2.49. The van der Waals surface area contributed by atoms with Crippen molar-refractivity contribution in [3.05, 3.63) is 41.9 Å². The number of hydrogen-bond donors (Lipinski definition) is 2.